The molecule has 0 spiro atoms. The van der Waals surface area contributed by atoms with Crippen LogP contribution in [0.15, 0.2) is 73.2 Å². The van der Waals surface area contributed by atoms with Crippen LogP contribution >= 0.6 is 0 Å². The van der Waals surface area contributed by atoms with E-state index >= 15 is 13.2 Å². The quantitative estimate of drug-likeness (QED) is 0.153. The van der Waals surface area contributed by atoms with Gasteiger partial charge in [0.25, 0.3) is 23.6 Å². The maximum Gasteiger partial charge on any atom is 0.262 e. The number of nitrogens with zero attached hydrogens (tertiary/aromatic N) is 5. The number of methoxy groups -OCH3 is 1. The van der Waals surface area contributed by atoms with Gasteiger partial charge in [0.2, 0.25) is 11.8 Å². The van der Waals surface area contributed by atoms with E-state index < -0.39 is 71.1 Å². The Morgan fingerprint density at radius 1 is 1.00 bits per heavy atom. The Hall–Kier alpha value is -7.75. The van der Waals surface area contributed by atoms with Crippen molar-refractivity contribution in [3.05, 3.63) is 107 Å². The van der Waals surface area contributed by atoms with Gasteiger partial charge in [-0.2, -0.15) is 5.26 Å². The summed E-state index contributed by atoms with van der Waals surface area (Å²) >= 11 is 0. The minimum atomic E-state index is -1.39. The number of fused-ring (bicyclic) bond motifs is 1. The smallest absolute Gasteiger partial charge is 0.262 e. The van der Waals surface area contributed by atoms with Crippen molar-refractivity contribution in [2.75, 3.05) is 36.7 Å². The summed E-state index contributed by atoms with van der Waals surface area (Å²) in [6.07, 6.45) is 1.24. The molecular formula is C42H34F3N7O9. The van der Waals surface area contributed by atoms with Crippen molar-refractivity contribution in [1.29, 1.82) is 5.26 Å². The fourth-order valence-electron chi connectivity index (χ4n) is 7.25. The van der Waals surface area contributed by atoms with Gasteiger partial charge < -0.3 is 24.4 Å². The number of nitrogens with one attached hydrogen (secondary N) is 2. The highest BCUT2D eigenvalue weighted by Crippen LogP contribution is 2.43. The number of halogens is 3. The number of anilines is 2. The van der Waals surface area contributed by atoms with E-state index in [2.05, 4.69) is 22.2 Å². The fraction of sp³-hybridized carbons (Fsp3) is 0.238. The zero-order valence-corrected chi connectivity index (χ0v) is 32.6. The third-order valence-corrected chi connectivity index (χ3v) is 10.2. The number of rotatable bonds is 12. The molecule has 3 aromatic carbocycles. The lowest BCUT2D eigenvalue weighted by atomic mass is 10.0. The van der Waals surface area contributed by atoms with Crippen LogP contribution in [0.1, 0.15) is 53.0 Å². The van der Waals surface area contributed by atoms with Gasteiger partial charge in [-0.15, -0.1) is 0 Å². The van der Waals surface area contributed by atoms with Crippen LogP contribution in [-0.4, -0.2) is 83.8 Å². The van der Waals surface area contributed by atoms with E-state index in [1.165, 1.54) is 74.5 Å². The number of imide groups is 2. The normalized spacial score (nSPS) is 17.0. The number of amides is 6. The summed E-state index contributed by atoms with van der Waals surface area (Å²) in [4.78, 5) is 83.2. The number of hydrogen-bond donors (Lipinski definition) is 2. The average Bonchev–Trinajstić information content (AvgIpc) is 3.57. The lowest BCUT2D eigenvalue weighted by Gasteiger charge is -2.30. The van der Waals surface area contributed by atoms with Gasteiger partial charge in [-0.05, 0) is 68.8 Å². The Morgan fingerprint density at radius 2 is 1.75 bits per heavy atom. The summed E-state index contributed by atoms with van der Waals surface area (Å²) in [6, 6.07) is 12.0. The van der Waals surface area contributed by atoms with Crippen molar-refractivity contribution in [2.24, 2.45) is 0 Å². The first-order valence-electron chi connectivity index (χ1n) is 18.5. The zero-order chi connectivity index (χ0) is 43.9. The van der Waals surface area contributed by atoms with Gasteiger partial charge in [-0.3, -0.25) is 48.9 Å². The second kappa shape index (κ2) is 16.1. The van der Waals surface area contributed by atoms with Crippen LogP contribution in [0.2, 0.25) is 0 Å². The maximum absolute atomic E-state index is 15.7. The van der Waals surface area contributed by atoms with E-state index in [1.807, 2.05) is 6.07 Å². The highest BCUT2D eigenvalue weighted by molar-refractivity contribution is 6.23. The topological polar surface area (TPSA) is 201 Å². The summed E-state index contributed by atoms with van der Waals surface area (Å²) < 4.78 is 62.3. The van der Waals surface area contributed by atoms with Crippen molar-refractivity contribution >= 4 is 46.8 Å². The molecule has 0 bridgehead atoms. The Kier molecular flexibility index (Phi) is 10.9. The summed E-state index contributed by atoms with van der Waals surface area (Å²) in [5.74, 6) is -7.01. The molecule has 0 aliphatic carbocycles. The van der Waals surface area contributed by atoms with Crippen LogP contribution in [0, 0.1) is 28.8 Å². The molecule has 2 N–H and O–H groups in total. The molecule has 3 aliphatic rings. The van der Waals surface area contributed by atoms with Crippen LogP contribution in [0.3, 0.4) is 0 Å². The van der Waals surface area contributed by atoms with Crippen LogP contribution in [-0.2, 0) is 19.2 Å². The lowest BCUT2D eigenvalue weighted by molar-refractivity contribution is -0.136. The van der Waals surface area contributed by atoms with Crippen molar-refractivity contribution in [3.8, 4) is 34.6 Å². The minimum absolute atomic E-state index is 0.00166. The first-order chi connectivity index (χ1) is 29.1. The van der Waals surface area contributed by atoms with Crippen molar-refractivity contribution < 1.29 is 56.1 Å². The maximum atomic E-state index is 15.7. The molecule has 1 atom stereocenters. The molecule has 7 rings (SSSR count). The van der Waals surface area contributed by atoms with E-state index in [0.717, 1.165) is 21.9 Å². The summed E-state index contributed by atoms with van der Waals surface area (Å²) in [6.45, 7) is 6.30. The van der Waals surface area contributed by atoms with Gasteiger partial charge in [-0.1, -0.05) is 6.58 Å². The number of aromatic nitrogens is 1. The average molecular weight is 838 g/mol. The molecule has 1 aromatic heterocycles. The first kappa shape index (κ1) is 41.4. The molecule has 61 heavy (non-hydrogen) atoms. The van der Waals surface area contributed by atoms with Crippen LogP contribution in [0.5, 0.6) is 17.2 Å². The Bertz CT molecular complexity index is 2630. The monoisotopic (exact) mass is 837 g/mol. The standard InChI is InChI=1S/C42H34F3N7O9/c1-21-50(30-9-5-23(18-46)37(59-4)35(30)45)41(58)42(2,3)52(21)24-16-29(44)36(48-19-24)22-6-11-32(28(43)15-22)60-14-13-47-34(54)20-61-25-7-8-26-27(17-25)40(57)51(39(26)56)31-10-12-33(53)49-38(31)55/h5-9,11,15-17,19,31H,1,10,12-14,20H2,2-4H3,(H,47,54)(H,49,53,55). The summed E-state index contributed by atoms with van der Waals surface area (Å²) in [7, 11) is 1.19. The van der Waals surface area contributed by atoms with Crippen LogP contribution < -0.4 is 34.6 Å². The van der Waals surface area contributed by atoms with E-state index in [-0.39, 0.29) is 88.4 Å². The summed E-state index contributed by atoms with van der Waals surface area (Å²) in [5, 5.41) is 14.0. The third kappa shape index (κ3) is 7.43. The van der Waals surface area contributed by atoms with Gasteiger partial charge >= 0.3 is 0 Å². The first-order valence-corrected chi connectivity index (χ1v) is 18.5. The third-order valence-electron chi connectivity index (χ3n) is 10.2. The highest BCUT2D eigenvalue weighted by Gasteiger charge is 2.50. The summed E-state index contributed by atoms with van der Waals surface area (Å²) in [5.41, 5.74) is -1.74. The molecule has 0 radical (unpaired) electrons. The lowest BCUT2D eigenvalue weighted by Crippen LogP contribution is -2.54. The molecule has 1 unspecified atom stereocenters. The number of piperidine rings is 1. The number of hydrogen-bond acceptors (Lipinski definition) is 12. The second-order valence-electron chi connectivity index (χ2n) is 14.4. The molecule has 4 aromatic rings. The van der Waals surface area contributed by atoms with E-state index in [0.29, 0.717) is 0 Å². The molecule has 0 saturated carbocycles. The SMILES string of the molecule is C=C1N(c2ccc(C#N)c(OC)c2F)C(=O)C(C)(C)N1c1cnc(-c2ccc(OCCNC(=O)COc3ccc4c(c3)C(=O)N(C3CCC(=O)NC3=O)C4=O)c(F)c2)c(F)c1. The highest BCUT2D eigenvalue weighted by atomic mass is 19.1. The van der Waals surface area contributed by atoms with Crippen molar-refractivity contribution in [2.45, 2.75) is 38.3 Å². The molecule has 4 heterocycles. The van der Waals surface area contributed by atoms with Gasteiger partial charge in [0, 0.05) is 18.1 Å². The molecule has 19 heteroatoms. The number of nitriles is 1. The molecule has 2 fully saturated rings. The van der Waals surface area contributed by atoms with E-state index in [9.17, 15) is 34.0 Å². The molecule has 312 valence electrons. The predicted octanol–water partition coefficient (Wildman–Crippen LogP) is 4.12. The molecule has 6 amide bonds. The number of carbonyl (C=O) groups excluding carboxylic acids is 6. The second-order valence-corrected chi connectivity index (χ2v) is 14.4. The molecule has 3 aliphatic heterocycles. The minimum Gasteiger partial charge on any atom is -0.492 e. The van der Waals surface area contributed by atoms with Gasteiger partial charge in [0.05, 0.1) is 47.9 Å². The number of ether oxygens (including phenoxy) is 3. The number of carbonyl (C=O) groups is 6. The predicted molar refractivity (Wildman–Crippen MR) is 208 cm³/mol. The van der Waals surface area contributed by atoms with Crippen LogP contribution in [0.25, 0.3) is 11.3 Å². The van der Waals surface area contributed by atoms with E-state index in [4.69, 9.17) is 14.2 Å². The van der Waals surface area contributed by atoms with Crippen molar-refractivity contribution in [3.63, 3.8) is 0 Å². The van der Waals surface area contributed by atoms with Gasteiger partial charge in [-0.25, -0.2) is 13.2 Å². The van der Waals surface area contributed by atoms with E-state index in [1.54, 1.807) is 0 Å². The largest absolute Gasteiger partial charge is 0.492 e. The molecule has 16 nitrogen and oxygen atoms in total. The number of benzene rings is 3. The van der Waals surface area contributed by atoms with Crippen LogP contribution in [0.4, 0.5) is 24.5 Å². The van der Waals surface area contributed by atoms with Crippen molar-refractivity contribution in [1.82, 2.24) is 20.5 Å². The molecular weight excluding hydrogens is 803 g/mol. The Morgan fingerprint density at radius 3 is 2.44 bits per heavy atom. The Labute approximate surface area is 345 Å². The van der Waals surface area contributed by atoms with Gasteiger partial charge in [0.1, 0.15) is 41.5 Å². The molecule has 2 saturated heterocycles. The fourth-order valence-corrected chi connectivity index (χ4v) is 7.25. The number of pyridine rings is 1. The Balaban J connectivity index is 0.931. The zero-order valence-electron chi connectivity index (χ0n) is 32.6. The van der Waals surface area contributed by atoms with Gasteiger partial charge in [0.15, 0.2) is 35.6 Å².